The van der Waals surface area contributed by atoms with Crippen molar-refractivity contribution in [2.45, 2.75) is 37.2 Å². The summed E-state index contributed by atoms with van der Waals surface area (Å²) in [5.74, 6) is -0.157. The number of sulfone groups is 2. The van der Waals surface area contributed by atoms with Crippen LogP contribution in [-0.4, -0.2) is 56.1 Å². The van der Waals surface area contributed by atoms with Gasteiger partial charge in [0.1, 0.15) is 0 Å². The lowest BCUT2D eigenvalue weighted by Crippen LogP contribution is -2.40. The quantitative estimate of drug-likeness (QED) is 0.427. The Bertz CT molecular complexity index is 1420. The number of hydrogen-bond donors (Lipinski definition) is 0. The maximum Gasteiger partial charge on any atom is 0.276 e. The third-order valence-corrected chi connectivity index (χ3v) is 9.81. The normalized spacial score (nSPS) is 17.4. The molecule has 0 spiro atoms. The Morgan fingerprint density at radius 3 is 2.43 bits per heavy atom. The van der Waals surface area contributed by atoms with Gasteiger partial charge >= 0.3 is 0 Å². The van der Waals surface area contributed by atoms with Gasteiger partial charge in [0.2, 0.25) is 0 Å². The lowest BCUT2D eigenvalue weighted by Gasteiger charge is -2.27. The predicted octanol–water partition coefficient (Wildman–Crippen LogP) is 4.01. The molecule has 1 aromatic heterocycles. The third-order valence-electron chi connectivity index (χ3n) is 5.88. The van der Waals surface area contributed by atoms with Crippen LogP contribution < -0.4 is 0 Å². The van der Waals surface area contributed by atoms with Crippen molar-refractivity contribution >= 4 is 37.2 Å². The minimum atomic E-state index is -3.34. The van der Waals surface area contributed by atoms with Gasteiger partial charge in [-0.15, -0.1) is 0 Å². The monoisotopic (exact) mass is 536 g/mol. The molecule has 1 aliphatic rings. The van der Waals surface area contributed by atoms with Gasteiger partial charge < -0.3 is 9.42 Å². The zero-order valence-electron chi connectivity index (χ0n) is 19.1. The van der Waals surface area contributed by atoms with E-state index < -0.39 is 31.6 Å². The number of benzene rings is 2. The minimum Gasteiger partial charge on any atom is -0.355 e. The van der Waals surface area contributed by atoms with Gasteiger partial charge in [-0.25, -0.2) is 16.8 Å². The number of carbonyl (C=O) groups excluding carboxylic acids is 1. The van der Waals surface area contributed by atoms with Crippen LogP contribution in [0.25, 0.3) is 11.3 Å². The highest BCUT2D eigenvalue weighted by Gasteiger charge is 2.36. The largest absolute Gasteiger partial charge is 0.355 e. The van der Waals surface area contributed by atoms with E-state index in [-0.39, 0.29) is 34.4 Å². The first-order chi connectivity index (χ1) is 16.6. The topological polar surface area (TPSA) is 115 Å². The van der Waals surface area contributed by atoms with Gasteiger partial charge in [0, 0.05) is 29.2 Å². The highest BCUT2D eigenvalue weighted by atomic mass is 35.5. The summed E-state index contributed by atoms with van der Waals surface area (Å²) in [6.45, 7) is 2.00. The van der Waals surface area contributed by atoms with E-state index in [1.54, 1.807) is 43.3 Å². The van der Waals surface area contributed by atoms with Crippen molar-refractivity contribution in [3.8, 4) is 11.3 Å². The summed E-state index contributed by atoms with van der Waals surface area (Å²) in [6.07, 6.45) is 0.868. The number of rotatable bonds is 8. The van der Waals surface area contributed by atoms with Crippen molar-refractivity contribution in [1.82, 2.24) is 10.1 Å². The molecular formula is C24H25ClN2O6S2. The number of hydrogen-bond acceptors (Lipinski definition) is 7. The Labute approximate surface area is 209 Å². The van der Waals surface area contributed by atoms with Gasteiger partial charge in [-0.2, -0.15) is 0 Å². The Morgan fingerprint density at radius 2 is 1.83 bits per heavy atom. The van der Waals surface area contributed by atoms with Crippen LogP contribution in [0.2, 0.25) is 5.02 Å². The number of carbonyl (C=O) groups is 1. The average molecular weight is 537 g/mol. The second kappa shape index (κ2) is 10.1. The zero-order valence-corrected chi connectivity index (χ0v) is 21.4. The highest BCUT2D eigenvalue weighted by molar-refractivity contribution is 7.91. The molecular weight excluding hydrogens is 512 g/mol. The van der Waals surface area contributed by atoms with Crippen molar-refractivity contribution in [3.05, 3.63) is 70.9 Å². The van der Waals surface area contributed by atoms with Gasteiger partial charge in [0.15, 0.2) is 31.1 Å². The van der Waals surface area contributed by atoms with Gasteiger partial charge in [-0.05, 0) is 54.8 Å². The molecule has 1 aliphatic heterocycles. The van der Waals surface area contributed by atoms with E-state index in [9.17, 15) is 21.6 Å². The van der Waals surface area contributed by atoms with Crippen LogP contribution >= 0.6 is 11.6 Å². The van der Waals surface area contributed by atoms with Crippen LogP contribution in [0.5, 0.6) is 0 Å². The Balaban J connectivity index is 1.58. The second-order valence-corrected chi connectivity index (χ2v) is 13.3. The molecule has 1 atom stereocenters. The molecule has 0 N–H and O–H groups in total. The second-order valence-electron chi connectivity index (χ2n) is 8.54. The summed E-state index contributed by atoms with van der Waals surface area (Å²) in [5.41, 5.74) is 1.42. The molecule has 186 valence electrons. The summed E-state index contributed by atoms with van der Waals surface area (Å²) in [7, 11) is -6.57. The molecule has 35 heavy (non-hydrogen) atoms. The molecule has 3 aromatic rings. The van der Waals surface area contributed by atoms with E-state index in [2.05, 4.69) is 5.16 Å². The number of nitrogens with zero attached hydrogens (tertiary/aromatic N) is 2. The van der Waals surface area contributed by atoms with Crippen LogP contribution in [0.1, 0.15) is 35.8 Å². The predicted molar refractivity (Wildman–Crippen MR) is 133 cm³/mol. The van der Waals surface area contributed by atoms with Crippen LogP contribution in [0, 0.1) is 0 Å². The molecule has 8 nitrogen and oxygen atoms in total. The van der Waals surface area contributed by atoms with Gasteiger partial charge in [0.25, 0.3) is 5.91 Å². The van der Waals surface area contributed by atoms with E-state index in [4.69, 9.17) is 16.1 Å². The molecule has 2 aromatic carbocycles. The summed E-state index contributed by atoms with van der Waals surface area (Å²) in [5, 5.41) is 4.48. The summed E-state index contributed by atoms with van der Waals surface area (Å²) in [4.78, 5) is 15.1. The molecule has 1 amide bonds. The van der Waals surface area contributed by atoms with Crippen LogP contribution in [0.4, 0.5) is 0 Å². The standard InChI is InChI=1S/C24H25ClN2O6S2/c1-2-12-35(31,32)21-9-5-18(6-10-21)23-14-22(26-33-23)24(28)27(20-11-13-34(29,30)16-20)15-17-3-7-19(25)8-4-17/h3-10,14,20H,2,11-13,15-16H2,1H3. The number of aromatic nitrogens is 1. The first-order valence-corrected chi connectivity index (χ1v) is 15.0. The third kappa shape index (κ3) is 5.94. The minimum absolute atomic E-state index is 0.0272. The van der Waals surface area contributed by atoms with Crippen molar-refractivity contribution < 1.29 is 26.2 Å². The molecule has 0 radical (unpaired) electrons. The van der Waals surface area contributed by atoms with Gasteiger partial charge in [-0.1, -0.05) is 35.8 Å². The lowest BCUT2D eigenvalue weighted by atomic mass is 10.1. The van der Waals surface area contributed by atoms with Crippen molar-refractivity contribution in [2.75, 3.05) is 17.3 Å². The Hall–Kier alpha value is -2.69. The Kier molecular flexibility index (Phi) is 7.35. The maximum atomic E-state index is 13.4. The molecule has 4 rings (SSSR count). The van der Waals surface area contributed by atoms with E-state index in [0.29, 0.717) is 29.2 Å². The molecule has 2 heterocycles. The summed E-state index contributed by atoms with van der Waals surface area (Å²) in [6, 6.07) is 14.2. The number of halogens is 1. The van der Waals surface area contributed by atoms with Crippen LogP contribution in [0.3, 0.4) is 0 Å². The molecule has 1 unspecified atom stereocenters. The van der Waals surface area contributed by atoms with E-state index >= 15 is 0 Å². The molecule has 0 saturated carbocycles. The fourth-order valence-corrected chi connectivity index (χ4v) is 7.23. The molecule has 1 saturated heterocycles. The fraction of sp³-hybridized carbons (Fsp3) is 0.333. The molecule has 1 fully saturated rings. The molecule has 0 aliphatic carbocycles. The fourth-order valence-electron chi connectivity index (χ4n) is 4.05. The van der Waals surface area contributed by atoms with Crippen molar-refractivity contribution in [3.63, 3.8) is 0 Å². The summed E-state index contributed by atoms with van der Waals surface area (Å²) >= 11 is 5.97. The molecule has 11 heteroatoms. The van der Waals surface area contributed by atoms with Gasteiger partial charge in [-0.3, -0.25) is 4.79 Å². The van der Waals surface area contributed by atoms with Crippen molar-refractivity contribution in [1.29, 1.82) is 0 Å². The smallest absolute Gasteiger partial charge is 0.276 e. The van der Waals surface area contributed by atoms with Crippen LogP contribution in [0.15, 0.2) is 64.0 Å². The Morgan fingerprint density at radius 1 is 1.14 bits per heavy atom. The van der Waals surface area contributed by atoms with Crippen LogP contribution in [-0.2, 0) is 26.2 Å². The van der Waals surface area contributed by atoms with E-state index in [1.165, 1.54) is 23.1 Å². The zero-order chi connectivity index (χ0) is 25.2. The first kappa shape index (κ1) is 25.4. The summed E-state index contributed by atoms with van der Waals surface area (Å²) < 4.78 is 54.1. The highest BCUT2D eigenvalue weighted by Crippen LogP contribution is 2.26. The van der Waals surface area contributed by atoms with E-state index in [1.807, 2.05) is 0 Å². The number of amides is 1. The van der Waals surface area contributed by atoms with Gasteiger partial charge in [0.05, 0.1) is 22.2 Å². The lowest BCUT2D eigenvalue weighted by molar-refractivity contribution is 0.0670. The van der Waals surface area contributed by atoms with Crippen molar-refractivity contribution in [2.24, 2.45) is 0 Å². The van der Waals surface area contributed by atoms with E-state index in [0.717, 1.165) is 5.56 Å². The average Bonchev–Trinajstić information content (AvgIpc) is 3.45. The SMILES string of the molecule is CCCS(=O)(=O)c1ccc(-c2cc(C(=O)N(Cc3ccc(Cl)cc3)C3CCS(=O)(=O)C3)no2)cc1. The first-order valence-electron chi connectivity index (χ1n) is 11.1. The molecule has 0 bridgehead atoms. The maximum absolute atomic E-state index is 13.4.